The summed E-state index contributed by atoms with van der Waals surface area (Å²) in [5.74, 6) is 0. The second kappa shape index (κ2) is 20.7. The summed E-state index contributed by atoms with van der Waals surface area (Å²) in [6.45, 7) is 25.0. The summed E-state index contributed by atoms with van der Waals surface area (Å²) in [7, 11) is 0. The molecule has 0 nitrogen and oxygen atoms in total. The molecule has 0 saturated carbocycles. The molecule has 0 spiro atoms. The first-order valence-electron chi connectivity index (χ1n) is 23.5. The van der Waals surface area contributed by atoms with Crippen molar-refractivity contribution in [2.45, 2.75) is 234 Å². The van der Waals surface area contributed by atoms with Gasteiger partial charge >= 0.3 is 0 Å². The molecule has 2 aliphatic rings. The first-order valence-corrected chi connectivity index (χ1v) is 23.5. The molecule has 0 heteroatoms. The zero-order valence-corrected chi connectivity index (χ0v) is 36.9. The van der Waals surface area contributed by atoms with Crippen LogP contribution in [0.4, 0.5) is 0 Å². The van der Waals surface area contributed by atoms with Crippen molar-refractivity contribution in [2.75, 3.05) is 0 Å². The second-order valence-electron chi connectivity index (χ2n) is 17.9. The lowest BCUT2D eigenvalue weighted by Crippen LogP contribution is -2.56. The molecule has 0 saturated heterocycles. The lowest BCUT2D eigenvalue weighted by atomic mass is 9.43. The topological polar surface area (TPSA) is 0 Å². The van der Waals surface area contributed by atoms with E-state index in [1.807, 2.05) is 11.1 Å². The number of fused-ring (bicyclic) bond motifs is 2. The van der Waals surface area contributed by atoms with Crippen LogP contribution in [0.3, 0.4) is 0 Å². The molecule has 0 radical (unpaired) electrons. The Hall–Kier alpha value is -2.08. The van der Waals surface area contributed by atoms with Crippen LogP contribution in [0.25, 0.3) is 11.1 Å². The summed E-state index contributed by atoms with van der Waals surface area (Å²) in [6, 6.07) is 15.4. The van der Waals surface area contributed by atoms with Gasteiger partial charge in [0.2, 0.25) is 0 Å². The Bertz CT molecular complexity index is 1380. The van der Waals surface area contributed by atoms with Crippen LogP contribution in [0.5, 0.6) is 0 Å². The maximum absolute atomic E-state index is 2.84. The summed E-state index contributed by atoms with van der Waals surface area (Å²) in [6.07, 6.45) is 30.4. The van der Waals surface area contributed by atoms with Gasteiger partial charge in [0.1, 0.15) is 0 Å². The van der Waals surface area contributed by atoms with Crippen LogP contribution >= 0.6 is 0 Å². The highest BCUT2D eigenvalue weighted by Crippen LogP contribution is 2.71. The lowest BCUT2D eigenvalue weighted by Gasteiger charge is -2.59. The average molecular weight is 721 g/mol. The number of aryl methyl sites for hydroxylation is 2. The fraction of sp³-hybridized carbons (Fsp3) is 0.698. The summed E-state index contributed by atoms with van der Waals surface area (Å²) < 4.78 is 0. The number of benzene rings is 2. The minimum atomic E-state index is -0.00528. The van der Waals surface area contributed by atoms with E-state index >= 15 is 0 Å². The first kappa shape index (κ1) is 43.6. The van der Waals surface area contributed by atoms with Crippen LogP contribution < -0.4 is 0 Å². The molecular formula is C53H84. The molecule has 2 atom stereocenters. The smallest absolute Gasteiger partial charge is 0.0236 e. The van der Waals surface area contributed by atoms with Crippen LogP contribution in [0.15, 0.2) is 47.5 Å². The molecule has 2 aliphatic carbocycles. The quantitative estimate of drug-likeness (QED) is 0.0908. The van der Waals surface area contributed by atoms with E-state index in [0.717, 1.165) is 0 Å². The van der Waals surface area contributed by atoms with Gasteiger partial charge in [-0.25, -0.2) is 0 Å². The Morgan fingerprint density at radius 3 is 1.06 bits per heavy atom. The molecule has 0 amide bonds. The fourth-order valence-electron chi connectivity index (χ4n) is 11.5. The zero-order chi connectivity index (χ0) is 38.5. The predicted molar refractivity (Wildman–Crippen MR) is 238 cm³/mol. The third-order valence-electron chi connectivity index (χ3n) is 14.2. The number of unbranched alkanes of at least 4 members (excludes halogenated alkanes) is 8. The molecule has 0 N–H and O–H groups in total. The van der Waals surface area contributed by atoms with E-state index in [2.05, 4.69) is 106 Å². The van der Waals surface area contributed by atoms with Gasteiger partial charge in [-0.15, -0.1) is 0 Å². The van der Waals surface area contributed by atoms with Crippen LogP contribution in [0.1, 0.15) is 244 Å². The van der Waals surface area contributed by atoms with Gasteiger partial charge in [0.05, 0.1) is 0 Å². The molecule has 2 aromatic carbocycles. The highest BCUT2D eigenvalue weighted by molar-refractivity contribution is 5.86. The Morgan fingerprint density at radius 2 is 0.717 bits per heavy atom. The molecule has 0 fully saturated rings. The summed E-state index contributed by atoms with van der Waals surface area (Å²) in [5, 5.41) is 0. The molecule has 2 aromatic rings. The summed E-state index contributed by atoms with van der Waals surface area (Å²) >= 11 is 0. The minimum Gasteiger partial charge on any atom is -0.0654 e. The highest BCUT2D eigenvalue weighted by atomic mass is 14.7. The molecule has 296 valence electrons. The third-order valence-corrected chi connectivity index (χ3v) is 14.2. The van der Waals surface area contributed by atoms with Gasteiger partial charge < -0.3 is 0 Å². The normalized spacial score (nSPS) is 19.8. The van der Waals surface area contributed by atoms with E-state index in [0.29, 0.717) is 0 Å². The minimum absolute atomic E-state index is 0.00528. The van der Waals surface area contributed by atoms with Crippen molar-refractivity contribution in [2.24, 2.45) is 5.41 Å². The van der Waals surface area contributed by atoms with Crippen LogP contribution in [-0.4, -0.2) is 0 Å². The van der Waals surface area contributed by atoms with Crippen molar-refractivity contribution >= 4 is 11.1 Å². The SMILES string of the molecule is CCCCC1=C(CCCC)C(CCCC)(C(C)(C)C2(CCCC)C(CCCC)=C(CCCC)c3c(CCCC)cccc32)c2cccc(CCCC)c21. The number of rotatable bonds is 26. The highest BCUT2D eigenvalue weighted by Gasteiger charge is 2.64. The number of hydrogen-bond donors (Lipinski definition) is 0. The van der Waals surface area contributed by atoms with Gasteiger partial charge in [-0.3, -0.25) is 0 Å². The molecule has 0 aliphatic heterocycles. The van der Waals surface area contributed by atoms with Gasteiger partial charge in [-0.2, -0.15) is 0 Å². The van der Waals surface area contributed by atoms with E-state index in [1.54, 1.807) is 44.5 Å². The molecule has 4 rings (SSSR count). The fourth-order valence-corrected chi connectivity index (χ4v) is 11.5. The van der Waals surface area contributed by atoms with E-state index in [-0.39, 0.29) is 16.2 Å². The maximum atomic E-state index is 2.84. The van der Waals surface area contributed by atoms with Crippen molar-refractivity contribution in [3.05, 3.63) is 80.9 Å². The van der Waals surface area contributed by atoms with Gasteiger partial charge in [-0.05, 0) is 140 Å². The Kier molecular flexibility index (Phi) is 17.1. The second-order valence-corrected chi connectivity index (χ2v) is 17.9. The Morgan fingerprint density at radius 1 is 0.396 bits per heavy atom. The molecule has 2 unspecified atom stereocenters. The maximum Gasteiger partial charge on any atom is 0.0236 e. The van der Waals surface area contributed by atoms with Crippen LogP contribution in [0, 0.1) is 5.41 Å². The van der Waals surface area contributed by atoms with Gasteiger partial charge in [-0.1, -0.05) is 181 Å². The number of hydrogen-bond acceptors (Lipinski definition) is 0. The molecular weight excluding hydrogens is 637 g/mol. The monoisotopic (exact) mass is 721 g/mol. The van der Waals surface area contributed by atoms with Crippen molar-refractivity contribution in [1.29, 1.82) is 0 Å². The first-order chi connectivity index (χ1) is 25.8. The van der Waals surface area contributed by atoms with Gasteiger partial charge in [0, 0.05) is 10.8 Å². The summed E-state index contributed by atoms with van der Waals surface area (Å²) in [5.41, 5.74) is 17.6. The van der Waals surface area contributed by atoms with Crippen molar-refractivity contribution in [3.8, 4) is 0 Å². The number of allylic oxidation sites excluding steroid dienone is 4. The molecule has 0 bridgehead atoms. The third kappa shape index (κ3) is 8.24. The predicted octanol–water partition coefficient (Wildman–Crippen LogP) is 17.2. The van der Waals surface area contributed by atoms with E-state index < -0.39 is 0 Å². The van der Waals surface area contributed by atoms with Crippen molar-refractivity contribution in [1.82, 2.24) is 0 Å². The van der Waals surface area contributed by atoms with E-state index in [1.165, 1.54) is 154 Å². The standard InChI is InChI=1S/C53H84/c1-11-19-29-41-31-27-37-47-49(41)43(33-21-13-3)45(35-23-15-5)52(47,39-25-17-7)51(9,10)53(40-26-18-8)46(36-24-16-6)44(34-22-14-4)50-42(30-20-12-2)32-28-38-48(50)53/h27-28,31-32,37-38H,11-26,29-30,33-36,39-40H2,1-10H3. The Labute approximate surface area is 330 Å². The van der Waals surface area contributed by atoms with Crippen molar-refractivity contribution < 1.29 is 0 Å². The van der Waals surface area contributed by atoms with Gasteiger partial charge in [0.15, 0.2) is 0 Å². The average Bonchev–Trinajstić information content (AvgIpc) is 3.61. The van der Waals surface area contributed by atoms with E-state index in [9.17, 15) is 0 Å². The Balaban J connectivity index is 2.25. The molecule has 0 heterocycles. The molecule has 53 heavy (non-hydrogen) atoms. The summed E-state index contributed by atoms with van der Waals surface area (Å²) in [4.78, 5) is 0. The lowest BCUT2D eigenvalue weighted by molar-refractivity contribution is 0.0731. The van der Waals surface area contributed by atoms with Crippen LogP contribution in [0.2, 0.25) is 0 Å². The largest absolute Gasteiger partial charge is 0.0654 e. The molecule has 0 aromatic heterocycles. The van der Waals surface area contributed by atoms with E-state index in [4.69, 9.17) is 0 Å². The van der Waals surface area contributed by atoms with Gasteiger partial charge in [0.25, 0.3) is 0 Å². The zero-order valence-electron chi connectivity index (χ0n) is 36.9. The van der Waals surface area contributed by atoms with Crippen molar-refractivity contribution in [3.63, 3.8) is 0 Å². The van der Waals surface area contributed by atoms with Crippen LogP contribution in [-0.2, 0) is 23.7 Å².